The minimum absolute atomic E-state index is 0.0929. The van der Waals surface area contributed by atoms with Crippen molar-refractivity contribution in [1.82, 2.24) is 10.1 Å². The van der Waals surface area contributed by atoms with E-state index in [4.69, 9.17) is 15.0 Å². The molecule has 0 saturated heterocycles. The summed E-state index contributed by atoms with van der Waals surface area (Å²) < 4.78 is 10.9. The van der Waals surface area contributed by atoms with Crippen LogP contribution >= 0.6 is 0 Å². The van der Waals surface area contributed by atoms with Crippen LogP contribution in [0.4, 0.5) is 0 Å². The van der Waals surface area contributed by atoms with Crippen LogP contribution in [-0.4, -0.2) is 16.7 Å². The zero-order valence-corrected chi connectivity index (χ0v) is 12.1. The van der Waals surface area contributed by atoms with Crippen molar-refractivity contribution < 1.29 is 9.26 Å². The number of nitrogens with two attached hydrogens (primary N) is 1. The first kappa shape index (κ1) is 15.1. The Morgan fingerprint density at radius 3 is 2.50 bits per heavy atom. The van der Waals surface area contributed by atoms with E-state index in [0.717, 1.165) is 12.8 Å². The lowest BCUT2D eigenvalue weighted by Gasteiger charge is -2.23. The van der Waals surface area contributed by atoms with Crippen molar-refractivity contribution in [2.45, 2.75) is 59.6 Å². The van der Waals surface area contributed by atoms with E-state index in [9.17, 15) is 0 Å². The van der Waals surface area contributed by atoms with E-state index in [1.165, 1.54) is 0 Å². The van der Waals surface area contributed by atoms with Gasteiger partial charge in [0.1, 0.15) is 6.10 Å². The van der Waals surface area contributed by atoms with Crippen LogP contribution in [0.2, 0.25) is 0 Å². The second-order valence-electron chi connectivity index (χ2n) is 5.57. The molecule has 0 aliphatic heterocycles. The van der Waals surface area contributed by atoms with Crippen molar-refractivity contribution >= 4 is 0 Å². The van der Waals surface area contributed by atoms with Gasteiger partial charge in [-0.2, -0.15) is 4.98 Å². The van der Waals surface area contributed by atoms with E-state index in [2.05, 4.69) is 17.1 Å². The first-order valence-corrected chi connectivity index (χ1v) is 6.60. The highest BCUT2D eigenvalue weighted by molar-refractivity contribution is 4.98. The van der Waals surface area contributed by atoms with Gasteiger partial charge >= 0.3 is 0 Å². The molecular weight excluding hydrogens is 230 g/mol. The van der Waals surface area contributed by atoms with Gasteiger partial charge in [0.05, 0.1) is 6.04 Å². The largest absolute Gasteiger partial charge is 0.370 e. The van der Waals surface area contributed by atoms with Gasteiger partial charge < -0.3 is 15.0 Å². The van der Waals surface area contributed by atoms with Crippen molar-refractivity contribution in [2.75, 3.05) is 6.61 Å². The molecule has 104 valence electrons. The SMILES string of the molecule is CCCC(OCC)c1noc([C@@H](N)C(C)(C)C)n1. The van der Waals surface area contributed by atoms with Gasteiger partial charge in [0.25, 0.3) is 0 Å². The number of hydrogen-bond donors (Lipinski definition) is 1. The Balaban J connectivity index is 2.83. The Kier molecular flexibility index (Phi) is 5.28. The monoisotopic (exact) mass is 255 g/mol. The summed E-state index contributed by atoms with van der Waals surface area (Å²) >= 11 is 0. The predicted octanol–water partition coefficient (Wildman–Crippen LogP) is 2.99. The molecule has 1 rings (SSSR count). The predicted molar refractivity (Wildman–Crippen MR) is 70.0 cm³/mol. The molecule has 1 aromatic heterocycles. The highest BCUT2D eigenvalue weighted by Crippen LogP contribution is 2.30. The molecule has 0 bridgehead atoms. The summed E-state index contributed by atoms with van der Waals surface area (Å²) in [5.74, 6) is 1.09. The highest BCUT2D eigenvalue weighted by Gasteiger charge is 2.29. The molecule has 2 N–H and O–H groups in total. The van der Waals surface area contributed by atoms with Gasteiger partial charge in [-0.25, -0.2) is 0 Å². The van der Waals surface area contributed by atoms with Gasteiger partial charge in [0, 0.05) is 6.61 Å². The Labute approximate surface area is 109 Å². The smallest absolute Gasteiger partial charge is 0.244 e. The second kappa shape index (κ2) is 6.29. The Morgan fingerprint density at radius 1 is 1.33 bits per heavy atom. The molecule has 0 fully saturated rings. The molecule has 18 heavy (non-hydrogen) atoms. The lowest BCUT2D eigenvalue weighted by atomic mass is 9.87. The fraction of sp³-hybridized carbons (Fsp3) is 0.846. The van der Waals surface area contributed by atoms with Crippen LogP contribution in [0, 0.1) is 5.41 Å². The average Bonchev–Trinajstić information content (AvgIpc) is 2.75. The van der Waals surface area contributed by atoms with E-state index >= 15 is 0 Å². The molecule has 0 saturated carbocycles. The highest BCUT2D eigenvalue weighted by atomic mass is 16.5. The van der Waals surface area contributed by atoms with E-state index in [0.29, 0.717) is 18.3 Å². The van der Waals surface area contributed by atoms with Crippen LogP contribution in [0.1, 0.15) is 71.3 Å². The maximum atomic E-state index is 6.10. The van der Waals surface area contributed by atoms with Gasteiger partial charge in [0.15, 0.2) is 0 Å². The maximum Gasteiger partial charge on any atom is 0.244 e. The number of hydrogen-bond acceptors (Lipinski definition) is 5. The lowest BCUT2D eigenvalue weighted by Crippen LogP contribution is -2.26. The molecule has 5 nitrogen and oxygen atoms in total. The van der Waals surface area contributed by atoms with E-state index in [1.807, 2.05) is 27.7 Å². The van der Waals surface area contributed by atoms with E-state index in [1.54, 1.807) is 0 Å². The molecular formula is C13H25N3O2. The number of nitrogens with zero attached hydrogens (tertiary/aromatic N) is 2. The number of rotatable bonds is 6. The van der Waals surface area contributed by atoms with Gasteiger partial charge in [-0.3, -0.25) is 0 Å². The molecule has 2 atom stereocenters. The lowest BCUT2D eigenvalue weighted by molar-refractivity contribution is 0.0477. The third-order valence-corrected chi connectivity index (χ3v) is 2.86. The molecule has 0 aliphatic carbocycles. The summed E-state index contributed by atoms with van der Waals surface area (Å²) in [6.07, 6.45) is 1.81. The fourth-order valence-electron chi connectivity index (χ4n) is 1.63. The van der Waals surface area contributed by atoms with Crippen LogP contribution in [-0.2, 0) is 4.74 Å². The quantitative estimate of drug-likeness (QED) is 0.845. The molecule has 0 radical (unpaired) electrons. The number of ether oxygens (including phenoxy) is 1. The van der Waals surface area contributed by atoms with Crippen LogP contribution in [0.25, 0.3) is 0 Å². The Morgan fingerprint density at radius 2 is 2.00 bits per heavy atom. The van der Waals surface area contributed by atoms with E-state index < -0.39 is 0 Å². The average molecular weight is 255 g/mol. The van der Waals surface area contributed by atoms with Gasteiger partial charge in [-0.05, 0) is 18.8 Å². The first-order valence-electron chi connectivity index (χ1n) is 6.60. The molecule has 0 spiro atoms. The van der Waals surface area contributed by atoms with Gasteiger partial charge in [-0.15, -0.1) is 0 Å². The molecule has 0 amide bonds. The summed E-state index contributed by atoms with van der Waals surface area (Å²) in [5.41, 5.74) is 5.99. The minimum Gasteiger partial charge on any atom is -0.370 e. The van der Waals surface area contributed by atoms with Crippen molar-refractivity contribution in [3.05, 3.63) is 11.7 Å². The van der Waals surface area contributed by atoms with Crippen LogP contribution in [0.3, 0.4) is 0 Å². The summed E-state index contributed by atoms with van der Waals surface area (Å²) in [7, 11) is 0. The third kappa shape index (κ3) is 3.78. The summed E-state index contributed by atoms with van der Waals surface area (Å²) in [4.78, 5) is 4.39. The van der Waals surface area contributed by atoms with Crippen LogP contribution in [0.15, 0.2) is 4.52 Å². The molecule has 1 aromatic rings. The first-order chi connectivity index (χ1) is 8.40. The molecule has 0 aromatic carbocycles. The van der Waals surface area contributed by atoms with Gasteiger partial charge in [0.2, 0.25) is 11.7 Å². The van der Waals surface area contributed by atoms with E-state index in [-0.39, 0.29) is 17.6 Å². The van der Waals surface area contributed by atoms with Crippen molar-refractivity contribution in [3.8, 4) is 0 Å². The summed E-state index contributed by atoms with van der Waals surface area (Å²) in [6.45, 7) is 10.9. The topological polar surface area (TPSA) is 74.2 Å². The Bertz CT molecular complexity index is 351. The van der Waals surface area contributed by atoms with Crippen LogP contribution < -0.4 is 5.73 Å². The summed E-state index contributed by atoms with van der Waals surface area (Å²) in [5, 5.41) is 4.00. The van der Waals surface area contributed by atoms with Crippen molar-refractivity contribution in [3.63, 3.8) is 0 Å². The zero-order valence-electron chi connectivity index (χ0n) is 12.1. The molecule has 5 heteroatoms. The normalized spacial score (nSPS) is 15.7. The Hall–Kier alpha value is -0.940. The van der Waals surface area contributed by atoms with Crippen molar-refractivity contribution in [1.29, 1.82) is 0 Å². The van der Waals surface area contributed by atoms with Gasteiger partial charge in [-0.1, -0.05) is 39.3 Å². The second-order valence-corrected chi connectivity index (χ2v) is 5.57. The third-order valence-electron chi connectivity index (χ3n) is 2.86. The summed E-state index contributed by atoms with van der Waals surface area (Å²) in [6, 6.07) is -0.261. The molecule has 1 unspecified atom stereocenters. The maximum absolute atomic E-state index is 6.10. The fourth-order valence-corrected chi connectivity index (χ4v) is 1.63. The van der Waals surface area contributed by atoms with Crippen molar-refractivity contribution in [2.24, 2.45) is 11.1 Å². The molecule has 1 heterocycles. The molecule has 0 aliphatic rings. The van der Waals surface area contributed by atoms with Crippen LogP contribution in [0.5, 0.6) is 0 Å². The number of aromatic nitrogens is 2. The minimum atomic E-state index is -0.261. The standard InChI is InChI=1S/C13H25N3O2/c1-6-8-9(17-7-2)11-15-12(18-16-11)10(14)13(3,4)5/h9-10H,6-8,14H2,1-5H3/t9?,10-/m1/s1. The zero-order chi connectivity index (χ0) is 13.8.